The summed E-state index contributed by atoms with van der Waals surface area (Å²) in [6, 6.07) is 21.2. The maximum Gasteiger partial charge on any atom is 0.0951 e. The highest BCUT2D eigenvalue weighted by Crippen LogP contribution is 2.31. The molecule has 1 aromatic heterocycles. The van der Waals surface area contributed by atoms with Gasteiger partial charge < -0.3 is 4.57 Å². The smallest absolute Gasteiger partial charge is 0.0951 e. The van der Waals surface area contributed by atoms with E-state index in [0.717, 1.165) is 5.44 Å². The van der Waals surface area contributed by atoms with E-state index in [9.17, 15) is 0 Å². The van der Waals surface area contributed by atoms with Gasteiger partial charge in [-0.2, -0.15) is 0 Å². The number of aromatic nitrogens is 2. The van der Waals surface area contributed by atoms with Crippen molar-refractivity contribution < 1.29 is 0 Å². The lowest BCUT2D eigenvalue weighted by molar-refractivity contribution is 0.914. The Bertz CT molecular complexity index is 607. The van der Waals surface area contributed by atoms with Crippen molar-refractivity contribution in [3.05, 3.63) is 73.2 Å². The number of rotatable bonds is 3. The van der Waals surface area contributed by atoms with Crippen molar-refractivity contribution in [3.63, 3.8) is 0 Å². The summed E-state index contributed by atoms with van der Waals surface area (Å²) in [6.45, 7) is 0. The van der Waals surface area contributed by atoms with Crippen LogP contribution in [0.5, 0.6) is 0 Å². The van der Waals surface area contributed by atoms with Crippen LogP contribution in [0, 0.1) is 0 Å². The molecule has 0 radical (unpaired) electrons. The number of hydrogen-bond acceptors (Lipinski definition) is 1. The van der Waals surface area contributed by atoms with Crippen molar-refractivity contribution in [1.82, 2.24) is 9.55 Å². The molecule has 0 unspecified atom stereocenters. The first kappa shape index (κ1) is 12.1. The fourth-order valence-corrected chi connectivity index (χ4v) is 4.31. The summed E-state index contributed by atoms with van der Waals surface area (Å²) in [4.78, 5) is 4.56. The molecule has 94 valence electrons. The fourth-order valence-electron chi connectivity index (χ4n) is 2.08. The van der Waals surface area contributed by atoms with E-state index in [2.05, 4.69) is 71.8 Å². The van der Waals surface area contributed by atoms with Gasteiger partial charge in [0, 0.05) is 21.2 Å². The van der Waals surface area contributed by atoms with Gasteiger partial charge in [0.05, 0.1) is 11.8 Å². The highest BCUT2D eigenvalue weighted by Gasteiger charge is 2.17. The molecule has 0 bridgehead atoms. The van der Waals surface area contributed by atoms with E-state index in [4.69, 9.17) is 0 Å². The first-order valence-electron chi connectivity index (χ1n) is 6.23. The van der Waals surface area contributed by atoms with Gasteiger partial charge in [0.15, 0.2) is 0 Å². The van der Waals surface area contributed by atoms with Gasteiger partial charge in [-0.1, -0.05) is 60.7 Å². The quantitative estimate of drug-likeness (QED) is 0.664. The molecule has 0 N–H and O–H groups in total. The minimum atomic E-state index is -0.557. The molecule has 1 heterocycles. The first-order chi connectivity index (χ1) is 9.34. The molecule has 0 fully saturated rings. The Balaban J connectivity index is 2.11. The Morgan fingerprint density at radius 3 is 1.79 bits per heavy atom. The molecule has 0 atom stereocenters. The molecule has 3 aromatic rings. The second-order valence-electron chi connectivity index (χ2n) is 4.40. The molecular weight excluding hydrogens is 251 g/mol. The van der Waals surface area contributed by atoms with Gasteiger partial charge in [0.1, 0.15) is 0 Å². The Morgan fingerprint density at radius 2 is 1.37 bits per heavy atom. The second kappa shape index (κ2) is 5.38. The molecule has 0 spiro atoms. The van der Waals surface area contributed by atoms with E-state index in [1.54, 1.807) is 0 Å². The molecule has 0 aliphatic heterocycles. The normalized spacial score (nSPS) is 10.8. The van der Waals surface area contributed by atoms with Crippen LogP contribution in [0.1, 0.15) is 0 Å². The standard InChI is InChI=1S/C16H15N2P/c1-18-12-16(17-13-18)19(14-8-4-2-5-9-14)15-10-6-3-7-11-15/h2-13H,1H3. The summed E-state index contributed by atoms with van der Waals surface area (Å²) in [7, 11) is 1.46. The van der Waals surface area contributed by atoms with Crippen LogP contribution in [0.3, 0.4) is 0 Å². The molecule has 0 saturated heterocycles. The number of hydrogen-bond donors (Lipinski definition) is 0. The Labute approximate surface area is 114 Å². The molecule has 0 amide bonds. The summed E-state index contributed by atoms with van der Waals surface area (Å²) in [5.41, 5.74) is 1.15. The summed E-state index contributed by atoms with van der Waals surface area (Å²) in [5, 5.41) is 2.67. The number of imidazole rings is 1. The molecule has 0 aliphatic carbocycles. The second-order valence-corrected chi connectivity index (χ2v) is 6.57. The first-order valence-corrected chi connectivity index (χ1v) is 7.57. The van der Waals surface area contributed by atoms with Crippen LogP contribution in [-0.4, -0.2) is 9.55 Å². The minimum Gasteiger partial charge on any atom is -0.340 e. The van der Waals surface area contributed by atoms with E-state index >= 15 is 0 Å². The Kier molecular flexibility index (Phi) is 3.43. The van der Waals surface area contributed by atoms with Crippen LogP contribution in [0.25, 0.3) is 0 Å². The molecule has 2 aromatic carbocycles. The summed E-state index contributed by atoms with van der Waals surface area (Å²) >= 11 is 0. The lowest BCUT2D eigenvalue weighted by Crippen LogP contribution is -2.21. The van der Waals surface area contributed by atoms with E-state index < -0.39 is 7.92 Å². The van der Waals surface area contributed by atoms with Crippen LogP contribution in [-0.2, 0) is 7.05 Å². The minimum absolute atomic E-state index is 0.557. The topological polar surface area (TPSA) is 17.8 Å². The molecule has 19 heavy (non-hydrogen) atoms. The zero-order valence-electron chi connectivity index (χ0n) is 10.8. The highest BCUT2D eigenvalue weighted by molar-refractivity contribution is 7.79. The number of benzene rings is 2. The lowest BCUT2D eigenvalue weighted by atomic mass is 10.4. The number of aryl methyl sites for hydroxylation is 1. The maximum absolute atomic E-state index is 4.56. The van der Waals surface area contributed by atoms with E-state index in [0.29, 0.717) is 0 Å². The third-order valence-corrected chi connectivity index (χ3v) is 5.27. The molecular formula is C16H15N2P. The molecule has 3 rings (SSSR count). The monoisotopic (exact) mass is 266 g/mol. The predicted octanol–water partition coefficient (Wildman–Crippen LogP) is 2.18. The summed E-state index contributed by atoms with van der Waals surface area (Å²) in [6.07, 6.45) is 3.99. The van der Waals surface area contributed by atoms with Gasteiger partial charge >= 0.3 is 0 Å². The van der Waals surface area contributed by atoms with Gasteiger partial charge in [-0.15, -0.1) is 0 Å². The molecule has 2 nitrogen and oxygen atoms in total. The van der Waals surface area contributed by atoms with Gasteiger partial charge in [-0.3, -0.25) is 0 Å². The third kappa shape index (κ3) is 2.59. The predicted molar refractivity (Wildman–Crippen MR) is 81.9 cm³/mol. The van der Waals surface area contributed by atoms with Crippen LogP contribution in [0.15, 0.2) is 73.2 Å². The largest absolute Gasteiger partial charge is 0.340 e. The SMILES string of the molecule is Cn1cnc(P(c2ccccc2)c2ccccc2)c1. The van der Waals surface area contributed by atoms with Crippen LogP contribution in [0.4, 0.5) is 0 Å². The average Bonchev–Trinajstić information content (AvgIpc) is 2.88. The average molecular weight is 266 g/mol. The zero-order valence-corrected chi connectivity index (χ0v) is 11.7. The van der Waals surface area contributed by atoms with Crippen molar-refractivity contribution in [1.29, 1.82) is 0 Å². The molecule has 0 saturated carbocycles. The third-order valence-electron chi connectivity index (χ3n) is 2.95. The van der Waals surface area contributed by atoms with Gasteiger partial charge in [0.25, 0.3) is 0 Å². The van der Waals surface area contributed by atoms with Crippen molar-refractivity contribution >= 4 is 24.0 Å². The van der Waals surface area contributed by atoms with Crippen LogP contribution >= 0.6 is 7.92 Å². The Hall–Kier alpha value is -1.92. The van der Waals surface area contributed by atoms with Gasteiger partial charge in [-0.25, -0.2) is 4.98 Å². The van der Waals surface area contributed by atoms with Crippen molar-refractivity contribution in [2.24, 2.45) is 7.05 Å². The Morgan fingerprint density at radius 1 is 0.842 bits per heavy atom. The summed E-state index contributed by atoms with van der Waals surface area (Å²) in [5.74, 6) is 0. The van der Waals surface area contributed by atoms with Crippen molar-refractivity contribution in [2.75, 3.05) is 0 Å². The van der Waals surface area contributed by atoms with Crippen molar-refractivity contribution in [2.45, 2.75) is 0 Å². The van der Waals surface area contributed by atoms with Gasteiger partial charge in [-0.05, 0) is 10.6 Å². The lowest BCUT2D eigenvalue weighted by Gasteiger charge is -2.16. The maximum atomic E-state index is 4.56. The zero-order chi connectivity index (χ0) is 13.1. The van der Waals surface area contributed by atoms with E-state index in [1.807, 2.05) is 17.9 Å². The summed E-state index contributed by atoms with van der Waals surface area (Å²) < 4.78 is 2.01. The molecule has 0 aliphatic rings. The fraction of sp³-hybridized carbons (Fsp3) is 0.0625. The number of nitrogens with zero attached hydrogens (tertiary/aromatic N) is 2. The van der Waals surface area contributed by atoms with Crippen LogP contribution in [0.2, 0.25) is 0 Å². The van der Waals surface area contributed by atoms with Gasteiger partial charge in [0.2, 0.25) is 0 Å². The van der Waals surface area contributed by atoms with E-state index in [-0.39, 0.29) is 0 Å². The van der Waals surface area contributed by atoms with E-state index in [1.165, 1.54) is 10.6 Å². The molecule has 3 heteroatoms. The van der Waals surface area contributed by atoms with Crippen molar-refractivity contribution in [3.8, 4) is 0 Å². The van der Waals surface area contributed by atoms with Crippen LogP contribution < -0.4 is 16.0 Å². The highest BCUT2D eigenvalue weighted by atomic mass is 31.1.